The molecule has 0 atom stereocenters. The molecule has 2 N–H and O–H groups in total. The summed E-state index contributed by atoms with van der Waals surface area (Å²) in [6.45, 7) is 5.51. The van der Waals surface area contributed by atoms with Crippen molar-refractivity contribution in [2.24, 2.45) is 0 Å². The third-order valence-electron chi connectivity index (χ3n) is 3.35. The second kappa shape index (κ2) is 5.95. The van der Waals surface area contributed by atoms with Crippen LogP contribution in [0.2, 0.25) is 0 Å². The quantitative estimate of drug-likeness (QED) is 0.909. The number of halogens is 1. The molecule has 0 bridgehead atoms. The first kappa shape index (κ1) is 15.0. The third kappa shape index (κ3) is 3.40. The zero-order valence-corrected chi connectivity index (χ0v) is 12.3. The number of amides is 1. The van der Waals surface area contributed by atoms with Crippen LogP contribution in [0.4, 0.5) is 4.39 Å². The van der Waals surface area contributed by atoms with Crippen LogP contribution >= 0.6 is 0 Å². The first-order chi connectivity index (χ1) is 9.88. The van der Waals surface area contributed by atoms with E-state index in [-0.39, 0.29) is 29.6 Å². The minimum Gasteiger partial charge on any atom is -0.507 e. The maximum absolute atomic E-state index is 13.5. The summed E-state index contributed by atoms with van der Waals surface area (Å²) in [5.74, 6) is -0.618. The lowest BCUT2D eigenvalue weighted by Gasteiger charge is -2.10. The van der Waals surface area contributed by atoms with Crippen LogP contribution in [0.25, 0.3) is 0 Å². The van der Waals surface area contributed by atoms with Gasteiger partial charge < -0.3 is 10.4 Å². The lowest BCUT2D eigenvalue weighted by Crippen LogP contribution is -2.23. The van der Waals surface area contributed by atoms with E-state index in [1.807, 2.05) is 6.92 Å². The van der Waals surface area contributed by atoms with Gasteiger partial charge in [0, 0.05) is 6.54 Å². The molecule has 1 amide bonds. The van der Waals surface area contributed by atoms with Crippen molar-refractivity contribution in [2.45, 2.75) is 27.3 Å². The number of benzene rings is 2. The Morgan fingerprint density at radius 1 is 1.14 bits per heavy atom. The van der Waals surface area contributed by atoms with Crippen molar-refractivity contribution in [3.63, 3.8) is 0 Å². The smallest absolute Gasteiger partial charge is 0.255 e. The maximum atomic E-state index is 13.5. The van der Waals surface area contributed by atoms with Gasteiger partial charge in [0.15, 0.2) is 0 Å². The van der Waals surface area contributed by atoms with Gasteiger partial charge in [0.25, 0.3) is 5.91 Å². The Labute approximate surface area is 123 Å². The largest absolute Gasteiger partial charge is 0.507 e. The molecule has 0 unspecified atom stereocenters. The van der Waals surface area contributed by atoms with Crippen molar-refractivity contribution in [3.05, 3.63) is 64.0 Å². The van der Waals surface area contributed by atoms with Crippen molar-refractivity contribution in [3.8, 4) is 5.75 Å². The molecular formula is C17H18FNO2. The van der Waals surface area contributed by atoms with Crippen molar-refractivity contribution in [1.82, 2.24) is 5.32 Å². The Morgan fingerprint density at radius 3 is 2.33 bits per heavy atom. The van der Waals surface area contributed by atoms with E-state index in [9.17, 15) is 14.3 Å². The van der Waals surface area contributed by atoms with Crippen LogP contribution in [0.1, 0.15) is 32.6 Å². The number of phenolic OH excluding ortho intramolecular Hbond substituents is 1. The van der Waals surface area contributed by atoms with Crippen LogP contribution in [-0.4, -0.2) is 11.0 Å². The zero-order valence-electron chi connectivity index (χ0n) is 12.3. The number of aryl methyl sites for hydroxylation is 3. The summed E-state index contributed by atoms with van der Waals surface area (Å²) in [7, 11) is 0. The van der Waals surface area contributed by atoms with Crippen molar-refractivity contribution < 1.29 is 14.3 Å². The predicted molar refractivity (Wildman–Crippen MR) is 79.9 cm³/mol. The first-order valence-electron chi connectivity index (χ1n) is 6.72. The van der Waals surface area contributed by atoms with Crippen LogP contribution in [0.3, 0.4) is 0 Å². The minimum atomic E-state index is -0.355. The second-order valence-electron chi connectivity index (χ2n) is 5.25. The summed E-state index contributed by atoms with van der Waals surface area (Å²) >= 11 is 0. The summed E-state index contributed by atoms with van der Waals surface area (Å²) in [4.78, 5) is 12.0. The van der Waals surface area contributed by atoms with E-state index in [4.69, 9.17) is 0 Å². The first-order valence-corrected chi connectivity index (χ1v) is 6.72. The second-order valence-corrected chi connectivity index (χ2v) is 5.25. The van der Waals surface area contributed by atoms with Gasteiger partial charge in [-0.15, -0.1) is 0 Å². The van der Waals surface area contributed by atoms with Crippen LogP contribution in [-0.2, 0) is 6.54 Å². The van der Waals surface area contributed by atoms with E-state index in [0.29, 0.717) is 11.1 Å². The van der Waals surface area contributed by atoms with Gasteiger partial charge in [0.2, 0.25) is 0 Å². The van der Waals surface area contributed by atoms with E-state index in [2.05, 4.69) is 5.32 Å². The highest BCUT2D eigenvalue weighted by atomic mass is 19.1. The van der Waals surface area contributed by atoms with Crippen LogP contribution < -0.4 is 5.32 Å². The van der Waals surface area contributed by atoms with E-state index in [1.54, 1.807) is 44.2 Å². The Balaban J connectivity index is 2.11. The third-order valence-corrected chi connectivity index (χ3v) is 3.35. The van der Waals surface area contributed by atoms with Crippen molar-refractivity contribution in [1.29, 1.82) is 0 Å². The highest BCUT2D eigenvalue weighted by Gasteiger charge is 2.11. The number of carbonyl (C=O) groups excluding carboxylic acids is 1. The van der Waals surface area contributed by atoms with Gasteiger partial charge in [-0.2, -0.15) is 0 Å². The van der Waals surface area contributed by atoms with E-state index in [1.165, 1.54) is 0 Å². The molecule has 0 aliphatic rings. The predicted octanol–water partition coefficient (Wildman–Crippen LogP) is 3.39. The molecule has 0 radical (unpaired) electrons. The van der Waals surface area contributed by atoms with E-state index in [0.717, 1.165) is 11.1 Å². The fraction of sp³-hybridized carbons (Fsp3) is 0.235. The Bertz CT molecular complexity index is 672. The molecule has 21 heavy (non-hydrogen) atoms. The molecule has 0 saturated heterocycles. The molecular weight excluding hydrogens is 269 g/mol. The number of carbonyl (C=O) groups is 1. The molecule has 0 fully saturated rings. The van der Waals surface area contributed by atoms with Gasteiger partial charge in [-0.3, -0.25) is 4.79 Å². The average molecular weight is 287 g/mol. The Hall–Kier alpha value is -2.36. The lowest BCUT2D eigenvalue weighted by atomic mass is 10.1. The van der Waals surface area contributed by atoms with E-state index >= 15 is 0 Å². The summed E-state index contributed by atoms with van der Waals surface area (Å²) in [5.41, 5.74) is 3.05. The Morgan fingerprint density at radius 2 is 1.76 bits per heavy atom. The lowest BCUT2D eigenvalue weighted by molar-refractivity contribution is 0.0948. The molecule has 2 aromatic carbocycles. The molecule has 0 saturated carbocycles. The number of phenols is 1. The Kier molecular flexibility index (Phi) is 4.26. The van der Waals surface area contributed by atoms with Gasteiger partial charge in [-0.05, 0) is 55.2 Å². The SMILES string of the molecule is Cc1ccc(C(=O)NCc2cc(C)c(F)c(C)c2)c(O)c1. The molecule has 0 spiro atoms. The van der Waals surface area contributed by atoms with Gasteiger partial charge in [-0.25, -0.2) is 4.39 Å². The fourth-order valence-electron chi connectivity index (χ4n) is 2.25. The number of rotatable bonds is 3. The van der Waals surface area contributed by atoms with Gasteiger partial charge in [-0.1, -0.05) is 18.2 Å². The molecule has 3 nitrogen and oxygen atoms in total. The molecule has 4 heteroatoms. The summed E-state index contributed by atoms with van der Waals surface area (Å²) < 4.78 is 13.5. The standard InChI is InChI=1S/C17H18FNO2/c1-10-4-5-14(15(20)6-10)17(21)19-9-13-7-11(2)16(18)12(3)8-13/h4-8,20H,9H2,1-3H3,(H,19,21). The maximum Gasteiger partial charge on any atom is 0.255 e. The summed E-state index contributed by atoms with van der Waals surface area (Å²) in [6.07, 6.45) is 0. The molecule has 0 aliphatic heterocycles. The number of hydrogen-bond acceptors (Lipinski definition) is 2. The molecule has 110 valence electrons. The van der Waals surface area contributed by atoms with Gasteiger partial charge in [0.1, 0.15) is 11.6 Å². The van der Waals surface area contributed by atoms with Crippen molar-refractivity contribution in [2.75, 3.05) is 0 Å². The van der Waals surface area contributed by atoms with Gasteiger partial charge >= 0.3 is 0 Å². The van der Waals surface area contributed by atoms with Crippen LogP contribution in [0.15, 0.2) is 30.3 Å². The molecule has 0 aromatic heterocycles. The van der Waals surface area contributed by atoms with Crippen molar-refractivity contribution >= 4 is 5.91 Å². The summed E-state index contributed by atoms with van der Waals surface area (Å²) in [5, 5.41) is 12.5. The molecule has 2 aromatic rings. The molecule has 0 aliphatic carbocycles. The normalized spacial score (nSPS) is 10.5. The summed E-state index contributed by atoms with van der Waals surface area (Å²) in [6, 6.07) is 8.30. The molecule has 0 heterocycles. The highest BCUT2D eigenvalue weighted by molar-refractivity contribution is 5.96. The zero-order chi connectivity index (χ0) is 15.6. The minimum absolute atomic E-state index is 0.0426. The van der Waals surface area contributed by atoms with E-state index < -0.39 is 0 Å². The van der Waals surface area contributed by atoms with Crippen LogP contribution in [0.5, 0.6) is 5.75 Å². The van der Waals surface area contributed by atoms with Gasteiger partial charge in [0.05, 0.1) is 5.56 Å². The highest BCUT2D eigenvalue weighted by Crippen LogP contribution is 2.19. The monoisotopic (exact) mass is 287 g/mol. The topological polar surface area (TPSA) is 49.3 Å². The average Bonchev–Trinajstić information content (AvgIpc) is 2.42. The number of nitrogens with one attached hydrogen (secondary N) is 1. The number of aromatic hydroxyl groups is 1. The molecule has 2 rings (SSSR count). The van der Waals surface area contributed by atoms with Crippen LogP contribution in [0, 0.1) is 26.6 Å². The number of hydrogen-bond donors (Lipinski definition) is 2. The fourth-order valence-corrected chi connectivity index (χ4v) is 2.25.